The summed E-state index contributed by atoms with van der Waals surface area (Å²) in [4.78, 5) is 15.4. The molecule has 8 nitrogen and oxygen atoms in total. The average molecular weight is 441 g/mol. The first-order valence-electron chi connectivity index (χ1n) is 9.59. The van der Waals surface area contributed by atoms with Crippen LogP contribution in [0.4, 0.5) is 17.2 Å². The van der Waals surface area contributed by atoms with Gasteiger partial charge in [0.15, 0.2) is 0 Å². The summed E-state index contributed by atoms with van der Waals surface area (Å²) in [5.41, 5.74) is 2.05. The molecule has 0 spiro atoms. The van der Waals surface area contributed by atoms with Gasteiger partial charge in [-0.15, -0.1) is 0 Å². The van der Waals surface area contributed by atoms with Crippen LogP contribution in [0.25, 0.3) is 0 Å². The van der Waals surface area contributed by atoms with E-state index in [2.05, 4.69) is 20.3 Å². The Morgan fingerprint density at radius 3 is 2.23 bits per heavy atom. The molecule has 0 fully saturated rings. The van der Waals surface area contributed by atoms with Crippen LogP contribution in [0.5, 0.6) is 5.75 Å². The van der Waals surface area contributed by atoms with Gasteiger partial charge in [0.2, 0.25) is 5.91 Å². The van der Waals surface area contributed by atoms with Gasteiger partial charge in [-0.25, -0.2) is 13.4 Å². The lowest BCUT2D eigenvalue weighted by molar-refractivity contribution is -0.114. The van der Waals surface area contributed by atoms with Crippen molar-refractivity contribution in [3.05, 3.63) is 72.4 Å². The van der Waals surface area contributed by atoms with Gasteiger partial charge in [0.1, 0.15) is 11.6 Å². The first kappa shape index (κ1) is 22.1. The Morgan fingerprint density at radius 2 is 1.65 bits per heavy atom. The van der Waals surface area contributed by atoms with Crippen molar-refractivity contribution in [2.75, 3.05) is 29.0 Å². The number of nitrogens with one attached hydrogen (secondary N) is 3. The summed E-state index contributed by atoms with van der Waals surface area (Å²) < 4.78 is 32.7. The largest absolute Gasteiger partial charge is 0.497 e. The number of aromatic nitrogens is 1. The molecule has 1 heterocycles. The van der Waals surface area contributed by atoms with Crippen molar-refractivity contribution in [2.45, 2.75) is 18.2 Å². The van der Waals surface area contributed by atoms with Crippen molar-refractivity contribution in [1.82, 2.24) is 4.98 Å². The predicted octanol–water partition coefficient (Wildman–Crippen LogP) is 3.50. The van der Waals surface area contributed by atoms with E-state index in [0.717, 1.165) is 12.2 Å². The second-order valence-electron chi connectivity index (χ2n) is 6.77. The number of methoxy groups -OCH3 is 1. The number of carbonyl (C=O) groups excluding carboxylic acids is 1. The van der Waals surface area contributed by atoms with Crippen LogP contribution in [0.3, 0.4) is 0 Å². The fourth-order valence-electron chi connectivity index (χ4n) is 2.82. The molecule has 3 N–H and O–H groups in total. The molecule has 3 rings (SSSR count). The lowest BCUT2D eigenvalue weighted by atomic mass is 10.1. The van der Waals surface area contributed by atoms with Crippen molar-refractivity contribution in [3.63, 3.8) is 0 Å². The Hall–Kier alpha value is -3.59. The van der Waals surface area contributed by atoms with Gasteiger partial charge in [-0.1, -0.05) is 12.1 Å². The SMILES string of the molecule is COc1ccc(CCNc2ccc(NS(=O)(=O)c3ccc(NC(C)=O)cc3)cn2)cc1. The van der Waals surface area contributed by atoms with Crippen molar-refractivity contribution < 1.29 is 17.9 Å². The van der Waals surface area contributed by atoms with Crippen LogP contribution in [0.1, 0.15) is 12.5 Å². The maximum atomic E-state index is 12.5. The molecule has 0 aliphatic carbocycles. The number of hydrogen-bond donors (Lipinski definition) is 3. The number of anilines is 3. The summed E-state index contributed by atoms with van der Waals surface area (Å²) in [5.74, 6) is 1.24. The fourth-order valence-corrected chi connectivity index (χ4v) is 3.86. The monoisotopic (exact) mass is 440 g/mol. The van der Waals surface area contributed by atoms with Crippen LogP contribution in [0.15, 0.2) is 71.8 Å². The normalized spacial score (nSPS) is 10.9. The molecule has 162 valence electrons. The summed E-state index contributed by atoms with van der Waals surface area (Å²) in [7, 11) is -2.13. The highest BCUT2D eigenvalue weighted by Crippen LogP contribution is 2.19. The van der Waals surface area contributed by atoms with Gasteiger partial charge in [-0.3, -0.25) is 9.52 Å². The highest BCUT2D eigenvalue weighted by molar-refractivity contribution is 7.92. The molecule has 0 atom stereocenters. The molecule has 0 unspecified atom stereocenters. The molecule has 0 saturated heterocycles. The minimum atomic E-state index is -3.76. The second kappa shape index (κ2) is 9.94. The third kappa shape index (κ3) is 6.45. The van der Waals surface area contributed by atoms with Gasteiger partial charge in [0.25, 0.3) is 10.0 Å². The molecule has 0 bridgehead atoms. The smallest absolute Gasteiger partial charge is 0.261 e. The van der Waals surface area contributed by atoms with Gasteiger partial charge < -0.3 is 15.4 Å². The van der Waals surface area contributed by atoms with Crippen molar-refractivity contribution in [3.8, 4) is 5.75 Å². The zero-order valence-electron chi connectivity index (χ0n) is 17.3. The van der Waals surface area contributed by atoms with E-state index in [1.54, 1.807) is 19.2 Å². The highest BCUT2D eigenvalue weighted by atomic mass is 32.2. The van der Waals surface area contributed by atoms with E-state index < -0.39 is 10.0 Å². The van der Waals surface area contributed by atoms with Crippen molar-refractivity contribution >= 4 is 33.1 Å². The third-order valence-corrected chi connectivity index (χ3v) is 5.78. The third-order valence-electron chi connectivity index (χ3n) is 4.38. The number of carbonyl (C=O) groups is 1. The summed E-state index contributed by atoms with van der Waals surface area (Å²) in [6.07, 6.45) is 2.27. The van der Waals surface area contributed by atoms with Gasteiger partial charge in [-0.05, 0) is 60.5 Å². The molecular weight excluding hydrogens is 416 g/mol. The number of benzene rings is 2. The Kier molecular flexibility index (Phi) is 7.09. The molecule has 0 aliphatic heterocycles. The predicted molar refractivity (Wildman–Crippen MR) is 121 cm³/mol. The fraction of sp³-hybridized carbons (Fsp3) is 0.182. The van der Waals surface area contributed by atoms with Crippen LogP contribution in [0, 0.1) is 0 Å². The number of pyridine rings is 1. The number of hydrogen-bond acceptors (Lipinski definition) is 6. The Bertz CT molecular complexity index is 1110. The Balaban J connectivity index is 1.54. The Labute approximate surface area is 181 Å². The summed E-state index contributed by atoms with van der Waals surface area (Å²) >= 11 is 0. The minimum Gasteiger partial charge on any atom is -0.497 e. The lowest BCUT2D eigenvalue weighted by Crippen LogP contribution is -2.14. The molecule has 9 heteroatoms. The molecule has 1 amide bonds. The van der Waals surface area contributed by atoms with Gasteiger partial charge in [0, 0.05) is 19.2 Å². The van der Waals surface area contributed by atoms with Gasteiger partial charge >= 0.3 is 0 Å². The molecule has 2 aromatic carbocycles. The standard InChI is InChI=1S/C22H24N4O4S/c1-16(27)25-18-5-10-21(11-6-18)31(28,29)26-19-7-12-22(24-15-19)23-14-13-17-3-8-20(30-2)9-4-17/h3-12,15,26H,13-14H2,1-2H3,(H,23,24)(H,25,27). The van der Waals surface area contributed by atoms with Crippen LogP contribution in [-0.2, 0) is 21.2 Å². The molecule has 0 aliphatic rings. The van der Waals surface area contributed by atoms with E-state index in [-0.39, 0.29) is 10.8 Å². The van der Waals surface area contributed by atoms with Gasteiger partial charge in [-0.2, -0.15) is 0 Å². The highest BCUT2D eigenvalue weighted by Gasteiger charge is 2.14. The van der Waals surface area contributed by atoms with E-state index >= 15 is 0 Å². The van der Waals surface area contributed by atoms with E-state index in [9.17, 15) is 13.2 Å². The molecule has 31 heavy (non-hydrogen) atoms. The average Bonchev–Trinajstić information content (AvgIpc) is 2.75. The summed E-state index contributed by atoms with van der Waals surface area (Å²) in [6, 6.07) is 17.1. The number of rotatable bonds is 9. The van der Waals surface area contributed by atoms with Crippen molar-refractivity contribution in [1.29, 1.82) is 0 Å². The molecular formula is C22H24N4O4S. The number of sulfonamides is 1. The van der Waals surface area contributed by atoms with Crippen LogP contribution in [0.2, 0.25) is 0 Å². The van der Waals surface area contributed by atoms with E-state index in [1.807, 2.05) is 24.3 Å². The molecule has 1 aromatic heterocycles. The zero-order chi connectivity index (χ0) is 22.3. The number of nitrogens with zero attached hydrogens (tertiary/aromatic N) is 1. The summed E-state index contributed by atoms with van der Waals surface area (Å²) in [5, 5.41) is 5.81. The first-order valence-corrected chi connectivity index (χ1v) is 11.1. The topological polar surface area (TPSA) is 109 Å². The number of ether oxygens (including phenoxy) is 1. The summed E-state index contributed by atoms with van der Waals surface area (Å²) in [6.45, 7) is 2.07. The van der Waals surface area contributed by atoms with Gasteiger partial charge in [0.05, 0.1) is 23.9 Å². The van der Waals surface area contributed by atoms with E-state index in [4.69, 9.17) is 4.74 Å². The number of amides is 1. The van der Waals surface area contributed by atoms with E-state index in [0.29, 0.717) is 23.7 Å². The zero-order valence-corrected chi connectivity index (χ0v) is 18.1. The minimum absolute atomic E-state index is 0.0864. The van der Waals surface area contributed by atoms with Crippen LogP contribution in [-0.4, -0.2) is 33.0 Å². The van der Waals surface area contributed by atoms with Crippen LogP contribution < -0.4 is 20.1 Å². The molecule has 0 saturated carbocycles. The van der Waals surface area contributed by atoms with E-state index in [1.165, 1.54) is 42.9 Å². The molecule has 0 radical (unpaired) electrons. The quantitative estimate of drug-likeness (QED) is 0.470. The Morgan fingerprint density at radius 1 is 0.968 bits per heavy atom. The first-order chi connectivity index (χ1) is 14.9. The maximum Gasteiger partial charge on any atom is 0.261 e. The lowest BCUT2D eigenvalue weighted by Gasteiger charge is -2.10. The van der Waals surface area contributed by atoms with Crippen LogP contribution >= 0.6 is 0 Å². The van der Waals surface area contributed by atoms with Crippen molar-refractivity contribution in [2.24, 2.45) is 0 Å². The second-order valence-corrected chi connectivity index (χ2v) is 8.45. The maximum absolute atomic E-state index is 12.5. The molecule has 3 aromatic rings.